The number of benzene rings is 1. The molecule has 0 fully saturated rings. The van der Waals surface area contributed by atoms with Crippen LogP contribution in [0.4, 0.5) is 4.39 Å². The molecule has 1 aromatic rings. The molecule has 1 atom stereocenters. The third-order valence-electron chi connectivity index (χ3n) is 1.85. The molecule has 0 amide bonds. The molecule has 0 unspecified atom stereocenters. The second kappa shape index (κ2) is 5.70. The van der Waals surface area contributed by atoms with Gasteiger partial charge in [0.15, 0.2) is 0 Å². The summed E-state index contributed by atoms with van der Waals surface area (Å²) in [6.45, 7) is 0.961. The van der Waals surface area contributed by atoms with E-state index in [1.165, 1.54) is 6.07 Å². The van der Waals surface area contributed by atoms with Crippen molar-refractivity contribution in [2.45, 2.75) is 12.6 Å². The van der Waals surface area contributed by atoms with Gasteiger partial charge in [0.25, 0.3) is 0 Å². The summed E-state index contributed by atoms with van der Waals surface area (Å²) in [7, 11) is 0. The molecule has 0 saturated heterocycles. The second-order valence-corrected chi connectivity index (χ2v) is 3.10. The van der Waals surface area contributed by atoms with Crippen LogP contribution in [0.1, 0.15) is 5.56 Å². The van der Waals surface area contributed by atoms with E-state index in [-0.39, 0.29) is 18.5 Å². The zero-order valence-corrected chi connectivity index (χ0v) is 7.95. The van der Waals surface area contributed by atoms with Crippen LogP contribution in [0.25, 0.3) is 0 Å². The summed E-state index contributed by atoms with van der Waals surface area (Å²) in [6.07, 6.45) is 0. The summed E-state index contributed by atoms with van der Waals surface area (Å²) >= 11 is 0. The molecule has 14 heavy (non-hydrogen) atoms. The molecule has 0 heterocycles. The van der Waals surface area contributed by atoms with Crippen LogP contribution in [-0.2, 0) is 11.3 Å². The van der Waals surface area contributed by atoms with E-state index in [0.717, 1.165) is 0 Å². The molecule has 0 aromatic heterocycles. The lowest BCUT2D eigenvalue weighted by molar-refractivity contribution is 0.107. The molecule has 0 aliphatic rings. The first kappa shape index (κ1) is 11.1. The van der Waals surface area contributed by atoms with Gasteiger partial charge in [0.05, 0.1) is 13.2 Å². The van der Waals surface area contributed by atoms with Crippen LogP contribution >= 0.6 is 0 Å². The van der Waals surface area contributed by atoms with Crippen molar-refractivity contribution in [2.24, 2.45) is 11.5 Å². The van der Waals surface area contributed by atoms with Crippen LogP contribution in [0, 0.1) is 5.82 Å². The molecule has 4 N–H and O–H groups in total. The Hall–Kier alpha value is -0.970. The van der Waals surface area contributed by atoms with Gasteiger partial charge < -0.3 is 16.2 Å². The van der Waals surface area contributed by atoms with Crippen molar-refractivity contribution in [1.82, 2.24) is 0 Å². The predicted molar refractivity (Wildman–Crippen MR) is 53.1 cm³/mol. The molecule has 0 spiro atoms. The zero-order valence-electron chi connectivity index (χ0n) is 7.95. The van der Waals surface area contributed by atoms with E-state index in [2.05, 4.69) is 0 Å². The lowest BCUT2D eigenvalue weighted by Gasteiger charge is -2.09. The van der Waals surface area contributed by atoms with Crippen LogP contribution in [-0.4, -0.2) is 19.2 Å². The van der Waals surface area contributed by atoms with Gasteiger partial charge in [-0.2, -0.15) is 0 Å². The number of rotatable bonds is 5. The molecule has 0 aliphatic carbocycles. The Balaban J connectivity index is 2.35. The number of nitrogens with two attached hydrogens (primary N) is 2. The quantitative estimate of drug-likeness (QED) is 0.729. The van der Waals surface area contributed by atoms with Gasteiger partial charge in [-0.25, -0.2) is 4.39 Å². The molecule has 4 heteroatoms. The summed E-state index contributed by atoms with van der Waals surface area (Å²) in [5.41, 5.74) is 11.4. The third-order valence-corrected chi connectivity index (χ3v) is 1.85. The highest BCUT2D eigenvalue weighted by atomic mass is 19.1. The topological polar surface area (TPSA) is 61.3 Å². The van der Waals surface area contributed by atoms with Gasteiger partial charge in [-0.3, -0.25) is 0 Å². The summed E-state index contributed by atoms with van der Waals surface area (Å²) < 4.78 is 18.3. The molecule has 0 saturated carbocycles. The standard InChI is InChI=1S/C10H15FN2O/c11-10-4-2-1-3-8(10)6-14-7-9(13)5-12/h1-4,9H,5-7,12-13H2/t9-/m0/s1. The second-order valence-electron chi connectivity index (χ2n) is 3.10. The summed E-state index contributed by atoms with van der Waals surface area (Å²) in [4.78, 5) is 0. The number of halogens is 1. The molecule has 0 radical (unpaired) electrons. The monoisotopic (exact) mass is 198 g/mol. The fourth-order valence-electron chi connectivity index (χ4n) is 1.00. The number of ether oxygens (including phenoxy) is 1. The van der Waals surface area contributed by atoms with Gasteiger partial charge in [0.1, 0.15) is 5.82 Å². The van der Waals surface area contributed by atoms with Crippen LogP contribution in [0.2, 0.25) is 0 Å². The molecular formula is C10H15FN2O. The van der Waals surface area contributed by atoms with Crippen molar-refractivity contribution in [3.8, 4) is 0 Å². The van der Waals surface area contributed by atoms with Gasteiger partial charge in [0, 0.05) is 18.2 Å². The molecule has 3 nitrogen and oxygen atoms in total. The van der Waals surface area contributed by atoms with Crippen molar-refractivity contribution in [3.63, 3.8) is 0 Å². The van der Waals surface area contributed by atoms with E-state index in [1.807, 2.05) is 0 Å². The lowest BCUT2D eigenvalue weighted by Crippen LogP contribution is -2.34. The summed E-state index contributed by atoms with van der Waals surface area (Å²) in [5, 5.41) is 0. The first-order valence-electron chi connectivity index (χ1n) is 4.51. The minimum atomic E-state index is -0.256. The molecular weight excluding hydrogens is 183 g/mol. The first-order chi connectivity index (χ1) is 6.74. The lowest BCUT2D eigenvalue weighted by atomic mass is 10.2. The van der Waals surface area contributed by atoms with Crippen molar-refractivity contribution >= 4 is 0 Å². The van der Waals surface area contributed by atoms with Crippen LogP contribution in [0.15, 0.2) is 24.3 Å². The van der Waals surface area contributed by atoms with Crippen molar-refractivity contribution in [3.05, 3.63) is 35.6 Å². The van der Waals surface area contributed by atoms with Gasteiger partial charge in [-0.15, -0.1) is 0 Å². The molecule has 1 rings (SSSR count). The Morgan fingerprint density at radius 1 is 1.36 bits per heavy atom. The van der Waals surface area contributed by atoms with E-state index in [9.17, 15) is 4.39 Å². The number of hydrogen-bond acceptors (Lipinski definition) is 3. The zero-order chi connectivity index (χ0) is 10.4. The predicted octanol–water partition coefficient (Wildman–Crippen LogP) is 0.628. The molecule has 0 bridgehead atoms. The molecule has 1 aromatic carbocycles. The van der Waals surface area contributed by atoms with Crippen molar-refractivity contribution in [2.75, 3.05) is 13.2 Å². The van der Waals surface area contributed by atoms with Gasteiger partial charge in [-0.05, 0) is 6.07 Å². The first-order valence-corrected chi connectivity index (χ1v) is 4.51. The summed E-state index contributed by atoms with van der Waals surface area (Å²) in [5.74, 6) is -0.256. The maximum atomic E-state index is 13.1. The average molecular weight is 198 g/mol. The Labute approximate surface area is 82.9 Å². The maximum Gasteiger partial charge on any atom is 0.128 e. The number of hydrogen-bond donors (Lipinski definition) is 2. The highest BCUT2D eigenvalue weighted by molar-refractivity contribution is 5.16. The Kier molecular flexibility index (Phi) is 4.52. The van der Waals surface area contributed by atoms with E-state index >= 15 is 0 Å². The minimum absolute atomic E-state index is 0.179. The van der Waals surface area contributed by atoms with Crippen LogP contribution < -0.4 is 11.5 Å². The minimum Gasteiger partial charge on any atom is -0.375 e. The van der Waals surface area contributed by atoms with E-state index < -0.39 is 0 Å². The fraction of sp³-hybridized carbons (Fsp3) is 0.400. The van der Waals surface area contributed by atoms with Crippen molar-refractivity contribution in [1.29, 1.82) is 0 Å². The molecule has 78 valence electrons. The maximum absolute atomic E-state index is 13.1. The van der Waals surface area contributed by atoms with E-state index in [1.54, 1.807) is 18.2 Å². The third kappa shape index (κ3) is 3.41. The van der Waals surface area contributed by atoms with Gasteiger partial charge >= 0.3 is 0 Å². The Morgan fingerprint density at radius 3 is 2.71 bits per heavy atom. The average Bonchev–Trinajstić information content (AvgIpc) is 2.20. The van der Waals surface area contributed by atoms with Gasteiger partial charge in [0.2, 0.25) is 0 Å². The molecule has 0 aliphatic heterocycles. The van der Waals surface area contributed by atoms with Crippen LogP contribution in [0.3, 0.4) is 0 Å². The Morgan fingerprint density at radius 2 is 2.07 bits per heavy atom. The normalized spacial score (nSPS) is 12.8. The Bertz CT molecular complexity index is 281. The highest BCUT2D eigenvalue weighted by Crippen LogP contribution is 2.07. The smallest absolute Gasteiger partial charge is 0.128 e. The van der Waals surface area contributed by atoms with E-state index in [4.69, 9.17) is 16.2 Å². The largest absolute Gasteiger partial charge is 0.375 e. The fourth-order valence-corrected chi connectivity index (χ4v) is 1.00. The van der Waals surface area contributed by atoms with E-state index in [0.29, 0.717) is 18.7 Å². The SMILES string of the molecule is NC[C@H](N)COCc1ccccc1F. The van der Waals surface area contributed by atoms with Gasteiger partial charge in [-0.1, -0.05) is 18.2 Å². The van der Waals surface area contributed by atoms with Crippen LogP contribution in [0.5, 0.6) is 0 Å². The highest BCUT2D eigenvalue weighted by Gasteiger charge is 2.02. The van der Waals surface area contributed by atoms with Crippen molar-refractivity contribution < 1.29 is 9.13 Å². The summed E-state index contributed by atoms with van der Waals surface area (Å²) in [6, 6.07) is 6.32.